The van der Waals surface area contributed by atoms with Crippen molar-refractivity contribution in [1.82, 2.24) is 4.57 Å². The Morgan fingerprint density at radius 3 is 1.76 bits per heavy atom. The topological polar surface area (TPSA) is 4.93 Å². The second-order valence-electron chi connectivity index (χ2n) is 14.5. The van der Waals surface area contributed by atoms with Crippen molar-refractivity contribution in [3.05, 3.63) is 188 Å². The third-order valence-corrected chi connectivity index (χ3v) is 12.6. The minimum atomic E-state index is 1.16. The molecule has 0 atom stereocenters. The normalized spacial score (nSPS) is 12.1. The van der Waals surface area contributed by atoms with Crippen molar-refractivity contribution in [2.24, 2.45) is 0 Å². The van der Waals surface area contributed by atoms with Gasteiger partial charge in [0.1, 0.15) is 0 Å². The quantitative estimate of drug-likeness (QED) is 0.172. The van der Waals surface area contributed by atoms with Gasteiger partial charge in [0.15, 0.2) is 0 Å². The number of hydrogen-bond acceptors (Lipinski definition) is 1. The number of nitrogens with zero attached hydrogens (tertiary/aromatic N) is 1. The van der Waals surface area contributed by atoms with Gasteiger partial charge in [0.25, 0.3) is 0 Å². The summed E-state index contributed by atoms with van der Waals surface area (Å²) in [6, 6.07) is 69.5. The Labute approximate surface area is 316 Å². The molecular formula is C52H31NS. The number of thiophene rings is 1. The van der Waals surface area contributed by atoms with Crippen molar-refractivity contribution >= 4 is 64.1 Å². The molecule has 1 nitrogen and oxygen atoms in total. The molecule has 2 heterocycles. The first-order chi connectivity index (χ1) is 26.8. The molecule has 11 aromatic rings. The summed E-state index contributed by atoms with van der Waals surface area (Å²) in [5.41, 5.74) is 16.3. The zero-order valence-corrected chi connectivity index (χ0v) is 30.1. The average Bonchev–Trinajstić information content (AvgIpc) is 3.89. The van der Waals surface area contributed by atoms with Crippen molar-refractivity contribution < 1.29 is 0 Å². The summed E-state index contributed by atoms with van der Waals surface area (Å²) >= 11 is 1.91. The summed E-state index contributed by atoms with van der Waals surface area (Å²) in [6.07, 6.45) is 0. The molecule has 0 aliphatic heterocycles. The molecule has 1 aliphatic rings. The predicted molar refractivity (Wildman–Crippen MR) is 232 cm³/mol. The molecule has 0 unspecified atom stereocenters. The van der Waals surface area contributed by atoms with Crippen molar-refractivity contribution in [2.45, 2.75) is 0 Å². The maximum Gasteiger partial charge on any atom is 0.0541 e. The Morgan fingerprint density at radius 2 is 0.889 bits per heavy atom. The standard InChI is InChI=1S/C52H31NS/c1-2-11-32(12-3-1)33-13-8-14-34(27-33)35-15-9-16-38(28-35)53-47-22-7-6-19-41(47)44-29-36(23-25-48(44)53)37-24-26-49-46(30-37)52-43-21-10-20-42-39-17-4-5-18-40(39)45(51(42)43)31-50(52)54-49/h1-31H. The Bertz CT molecular complexity index is 3320. The van der Waals surface area contributed by atoms with Gasteiger partial charge < -0.3 is 4.57 Å². The molecule has 0 fully saturated rings. The van der Waals surface area contributed by atoms with E-state index in [1.165, 1.54) is 108 Å². The van der Waals surface area contributed by atoms with E-state index in [-0.39, 0.29) is 0 Å². The number of aromatic nitrogens is 1. The van der Waals surface area contributed by atoms with Gasteiger partial charge in [-0.15, -0.1) is 11.3 Å². The van der Waals surface area contributed by atoms with Gasteiger partial charge in [-0.3, -0.25) is 0 Å². The van der Waals surface area contributed by atoms with Crippen molar-refractivity contribution in [1.29, 1.82) is 0 Å². The number of benzene rings is 9. The molecule has 1 aliphatic carbocycles. The maximum atomic E-state index is 2.44. The molecule has 0 radical (unpaired) electrons. The largest absolute Gasteiger partial charge is 0.309 e. The van der Waals surface area contributed by atoms with Gasteiger partial charge in [0.05, 0.1) is 11.0 Å². The van der Waals surface area contributed by atoms with Crippen LogP contribution in [0.2, 0.25) is 0 Å². The van der Waals surface area contributed by atoms with Crippen LogP contribution in [0.5, 0.6) is 0 Å². The highest BCUT2D eigenvalue weighted by Gasteiger charge is 2.24. The van der Waals surface area contributed by atoms with E-state index in [0.717, 1.165) is 5.69 Å². The SMILES string of the molecule is c1ccc(-c2cccc(-c3cccc(-n4c5ccccc5c5cc(-c6ccc7sc8cc9c%10c(cccc%10c8c7c6)-c6ccccc6-9)ccc54)c3)c2)cc1. The highest BCUT2D eigenvalue weighted by atomic mass is 32.1. The van der Waals surface area contributed by atoms with E-state index in [0.29, 0.717) is 0 Å². The molecule has 0 N–H and O–H groups in total. The monoisotopic (exact) mass is 701 g/mol. The van der Waals surface area contributed by atoms with Crippen LogP contribution in [0.15, 0.2) is 188 Å². The molecule has 9 aromatic carbocycles. The van der Waals surface area contributed by atoms with E-state index in [2.05, 4.69) is 193 Å². The Morgan fingerprint density at radius 1 is 0.296 bits per heavy atom. The van der Waals surface area contributed by atoms with Crippen molar-refractivity contribution in [3.63, 3.8) is 0 Å². The molecule has 0 bridgehead atoms. The molecule has 0 amide bonds. The number of fused-ring (bicyclic) bond motifs is 10. The van der Waals surface area contributed by atoms with Crippen LogP contribution < -0.4 is 0 Å². The van der Waals surface area contributed by atoms with Gasteiger partial charge in [-0.1, -0.05) is 133 Å². The lowest BCUT2D eigenvalue weighted by molar-refractivity contribution is 1.18. The Balaban J connectivity index is 0.998. The number of rotatable bonds is 4. The second kappa shape index (κ2) is 11.4. The second-order valence-corrected chi connectivity index (χ2v) is 15.5. The fourth-order valence-electron chi connectivity index (χ4n) is 9.08. The van der Waals surface area contributed by atoms with Crippen LogP contribution in [0.25, 0.3) is 114 Å². The summed E-state index contributed by atoms with van der Waals surface area (Å²) in [5.74, 6) is 0. The smallest absolute Gasteiger partial charge is 0.0541 e. The first-order valence-corrected chi connectivity index (χ1v) is 19.4. The molecule has 0 spiro atoms. The van der Waals surface area contributed by atoms with E-state index in [4.69, 9.17) is 0 Å². The first-order valence-electron chi connectivity index (χ1n) is 18.6. The predicted octanol–water partition coefficient (Wildman–Crippen LogP) is 15.0. The summed E-state index contributed by atoms with van der Waals surface area (Å²) in [7, 11) is 0. The zero-order valence-electron chi connectivity index (χ0n) is 29.3. The van der Waals surface area contributed by atoms with Crippen LogP contribution in [0.3, 0.4) is 0 Å². The molecule has 54 heavy (non-hydrogen) atoms. The molecule has 2 aromatic heterocycles. The van der Waals surface area contributed by atoms with Crippen molar-refractivity contribution in [2.75, 3.05) is 0 Å². The fraction of sp³-hybridized carbons (Fsp3) is 0. The van der Waals surface area contributed by atoms with Gasteiger partial charge in [0.2, 0.25) is 0 Å². The Hall–Kier alpha value is -6.74. The minimum Gasteiger partial charge on any atom is -0.309 e. The minimum absolute atomic E-state index is 1.16. The molecule has 250 valence electrons. The van der Waals surface area contributed by atoms with Crippen LogP contribution in [-0.4, -0.2) is 4.57 Å². The fourth-order valence-corrected chi connectivity index (χ4v) is 10.2. The summed E-state index contributed by atoms with van der Waals surface area (Å²) in [6.45, 7) is 0. The number of para-hydroxylation sites is 1. The molecular weight excluding hydrogens is 671 g/mol. The van der Waals surface area contributed by atoms with Crippen LogP contribution in [0, 0.1) is 0 Å². The lowest BCUT2D eigenvalue weighted by atomic mass is 9.96. The van der Waals surface area contributed by atoms with Gasteiger partial charge in [-0.25, -0.2) is 0 Å². The van der Waals surface area contributed by atoms with Crippen LogP contribution in [0.1, 0.15) is 0 Å². The lowest BCUT2D eigenvalue weighted by Gasteiger charge is -2.12. The van der Waals surface area contributed by atoms with E-state index < -0.39 is 0 Å². The van der Waals surface area contributed by atoms with Gasteiger partial charge in [-0.05, 0) is 121 Å². The zero-order chi connectivity index (χ0) is 35.3. The summed E-state index contributed by atoms with van der Waals surface area (Å²) in [5, 5.41) is 7.97. The van der Waals surface area contributed by atoms with Crippen LogP contribution in [-0.2, 0) is 0 Å². The molecule has 0 saturated heterocycles. The van der Waals surface area contributed by atoms with Crippen molar-refractivity contribution in [3.8, 4) is 61.3 Å². The highest BCUT2D eigenvalue weighted by Crippen LogP contribution is 2.52. The average molecular weight is 702 g/mol. The van der Waals surface area contributed by atoms with E-state index in [9.17, 15) is 0 Å². The number of hydrogen-bond donors (Lipinski definition) is 0. The van der Waals surface area contributed by atoms with E-state index in [1.807, 2.05) is 11.3 Å². The highest BCUT2D eigenvalue weighted by molar-refractivity contribution is 7.26. The van der Waals surface area contributed by atoms with E-state index >= 15 is 0 Å². The van der Waals surface area contributed by atoms with Gasteiger partial charge in [-0.2, -0.15) is 0 Å². The third-order valence-electron chi connectivity index (χ3n) is 11.5. The molecule has 0 saturated carbocycles. The lowest BCUT2D eigenvalue weighted by Crippen LogP contribution is -1.94. The van der Waals surface area contributed by atoms with Gasteiger partial charge in [0, 0.05) is 36.6 Å². The third kappa shape index (κ3) is 4.32. The maximum absolute atomic E-state index is 2.44. The summed E-state index contributed by atoms with van der Waals surface area (Å²) < 4.78 is 5.11. The molecule has 12 rings (SSSR count). The molecule has 2 heteroatoms. The first kappa shape index (κ1) is 29.8. The Kier molecular flexibility index (Phi) is 6.28. The summed E-state index contributed by atoms with van der Waals surface area (Å²) in [4.78, 5) is 0. The van der Waals surface area contributed by atoms with Crippen LogP contribution in [0.4, 0.5) is 0 Å². The van der Waals surface area contributed by atoms with Gasteiger partial charge >= 0.3 is 0 Å². The van der Waals surface area contributed by atoms with E-state index in [1.54, 1.807) is 0 Å². The van der Waals surface area contributed by atoms with Crippen LogP contribution >= 0.6 is 11.3 Å².